The summed E-state index contributed by atoms with van der Waals surface area (Å²) in [7, 11) is -2.03. The summed E-state index contributed by atoms with van der Waals surface area (Å²) in [5.74, 6) is 1.13. The first kappa shape index (κ1) is 21.6. The standard InChI is InChI=1S/C22H32N2O5S/c1-28-19-5-4-6-20(16-19)30(26,27)24-12-8-22(9-13-24)17-18(7-14-29-22)15-21(25)23-10-2-3-11-23/h4-6,16,18H,2-3,7-15,17H2,1H3. The molecule has 0 aliphatic carbocycles. The van der Waals surface area contributed by atoms with Gasteiger partial charge >= 0.3 is 0 Å². The van der Waals surface area contributed by atoms with E-state index in [2.05, 4.69) is 0 Å². The van der Waals surface area contributed by atoms with Crippen LogP contribution in [0.25, 0.3) is 0 Å². The summed E-state index contributed by atoms with van der Waals surface area (Å²) < 4.78 is 39.0. The van der Waals surface area contributed by atoms with Crippen molar-refractivity contribution in [1.29, 1.82) is 0 Å². The number of carbonyl (C=O) groups excluding carboxylic acids is 1. The SMILES string of the molecule is COc1cccc(S(=O)(=O)N2CCC3(CC2)CC(CC(=O)N2CCCC2)CCO3)c1. The van der Waals surface area contributed by atoms with E-state index >= 15 is 0 Å². The van der Waals surface area contributed by atoms with Gasteiger partial charge in [-0.05, 0) is 56.6 Å². The molecule has 3 heterocycles. The Hall–Kier alpha value is -1.64. The van der Waals surface area contributed by atoms with Gasteiger partial charge in [-0.25, -0.2) is 8.42 Å². The maximum atomic E-state index is 13.1. The lowest BCUT2D eigenvalue weighted by Gasteiger charge is -2.46. The van der Waals surface area contributed by atoms with E-state index in [0.717, 1.165) is 38.8 Å². The van der Waals surface area contributed by atoms with E-state index in [1.165, 1.54) is 7.11 Å². The first-order chi connectivity index (χ1) is 14.4. The lowest BCUT2D eigenvalue weighted by molar-refractivity contribution is -0.139. The molecule has 1 aromatic rings. The quantitative estimate of drug-likeness (QED) is 0.709. The van der Waals surface area contributed by atoms with Crippen LogP contribution in [-0.4, -0.2) is 69.0 Å². The van der Waals surface area contributed by atoms with Crippen LogP contribution >= 0.6 is 0 Å². The zero-order valence-electron chi connectivity index (χ0n) is 17.7. The van der Waals surface area contributed by atoms with Gasteiger partial charge in [-0.3, -0.25) is 4.79 Å². The fourth-order valence-corrected chi connectivity index (χ4v) is 6.52. The predicted octanol–water partition coefficient (Wildman–Crippen LogP) is 2.66. The molecular weight excluding hydrogens is 404 g/mol. The Balaban J connectivity index is 1.37. The third kappa shape index (κ3) is 4.50. The fraction of sp³-hybridized carbons (Fsp3) is 0.682. The monoisotopic (exact) mass is 436 g/mol. The number of benzene rings is 1. The highest BCUT2D eigenvalue weighted by Gasteiger charge is 2.43. The molecule has 30 heavy (non-hydrogen) atoms. The molecule has 3 aliphatic rings. The minimum Gasteiger partial charge on any atom is -0.497 e. The molecule has 3 saturated heterocycles. The summed E-state index contributed by atoms with van der Waals surface area (Å²) in [4.78, 5) is 14.8. The van der Waals surface area contributed by atoms with Crippen LogP contribution in [0.2, 0.25) is 0 Å². The molecule has 3 fully saturated rings. The molecule has 0 aromatic heterocycles. The Kier molecular flexibility index (Phi) is 6.36. The molecule has 0 radical (unpaired) electrons. The van der Waals surface area contributed by atoms with Gasteiger partial charge in [0.15, 0.2) is 0 Å². The van der Waals surface area contributed by atoms with Crippen molar-refractivity contribution in [1.82, 2.24) is 9.21 Å². The van der Waals surface area contributed by atoms with Gasteiger partial charge in [-0.15, -0.1) is 0 Å². The molecule has 0 saturated carbocycles. The second kappa shape index (κ2) is 8.85. The molecular formula is C22H32N2O5S. The van der Waals surface area contributed by atoms with Crippen molar-refractivity contribution in [3.05, 3.63) is 24.3 Å². The molecule has 3 aliphatic heterocycles. The highest BCUT2D eigenvalue weighted by atomic mass is 32.2. The molecule has 8 heteroatoms. The first-order valence-electron chi connectivity index (χ1n) is 11.0. The largest absolute Gasteiger partial charge is 0.497 e. The minimum atomic E-state index is -3.56. The average molecular weight is 437 g/mol. The normalized spacial score (nSPS) is 24.8. The molecule has 4 rings (SSSR count). The van der Waals surface area contributed by atoms with E-state index < -0.39 is 10.0 Å². The van der Waals surface area contributed by atoms with Crippen molar-refractivity contribution < 1.29 is 22.7 Å². The maximum Gasteiger partial charge on any atom is 0.243 e. The number of rotatable bonds is 5. The second-order valence-electron chi connectivity index (χ2n) is 8.77. The molecule has 0 N–H and O–H groups in total. The van der Waals surface area contributed by atoms with Crippen LogP contribution in [0.1, 0.15) is 44.9 Å². The van der Waals surface area contributed by atoms with E-state index in [4.69, 9.17) is 9.47 Å². The summed E-state index contributed by atoms with van der Waals surface area (Å²) in [5.41, 5.74) is -0.297. The van der Waals surface area contributed by atoms with Crippen molar-refractivity contribution in [2.75, 3.05) is 39.9 Å². The number of sulfonamides is 1. The van der Waals surface area contributed by atoms with Gasteiger partial charge in [0.2, 0.25) is 15.9 Å². The van der Waals surface area contributed by atoms with E-state index in [-0.39, 0.29) is 16.4 Å². The third-order valence-corrected chi connectivity index (χ3v) is 8.72. The number of nitrogens with zero attached hydrogens (tertiary/aromatic N) is 2. The Labute approximate surface area is 179 Å². The topological polar surface area (TPSA) is 76.2 Å². The number of hydrogen-bond acceptors (Lipinski definition) is 5. The predicted molar refractivity (Wildman–Crippen MR) is 113 cm³/mol. The van der Waals surface area contributed by atoms with Crippen LogP contribution in [0.4, 0.5) is 0 Å². The third-order valence-electron chi connectivity index (χ3n) is 6.83. The Morgan fingerprint density at radius 2 is 1.93 bits per heavy atom. The van der Waals surface area contributed by atoms with Crippen LogP contribution in [0.3, 0.4) is 0 Å². The van der Waals surface area contributed by atoms with E-state index in [9.17, 15) is 13.2 Å². The minimum absolute atomic E-state index is 0.261. The number of methoxy groups -OCH3 is 1. The average Bonchev–Trinajstić information content (AvgIpc) is 3.29. The number of amides is 1. The molecule has 1 aromatic carbocycles. The Morgan fingerprint density at radius 1 is 1.20 bits per heavy atom. The Bertz CT molecular complexity index is 858. The van der Waals surface area contributed by atoms with Crippen molar-refractivity contribution in [3.8, 4) is 5.75 Å². The van der Waals surface area contributed by atoms with E-state index in [0.29, 0.717) is 50.6 Å². The van der Waals surface area contributed by atoms with Gasteiger partial charge in [-0.2, -0.15) is 4.31 Å². The van der Waals surface area contributed by atoms with Gasteiger partial charge in [0, 0.05) is 45.3 Å². The first-order valence-corrected chi connectivity index (χ1v) is 12.4. The second-order valence-corrected chi connectivity index (χ2v) is 10.7. The number of piperidine rings is 1. The molecule has 1 amide bonds. The van der Waals surface area contributed by atoms with E-state index in [1.54, 1.807) is 28.6 Å². The van der Waals surface area contributed by atoms with Crippen molar-refractivity contribution in [2.45, 2.75) is 55.4 Å². The highest BCUT2D eigenvalue weighted by Crippen LogP contribution is 2.40. The highest BCUT2D eigenvalue weighted by molar-refractivity contribution is 7.89. The fourth-order valence-electron chi connectivity index (χ4n) is 5.04. The molecule has 1 atom stereocenters. The number of likely N-dealkylation sites (tertiary alicyclic amines) is 1. The van der Waals surface area contributed by atoms with Gasteiger partial charge in [0.25, 0.3) is 0 Å². The van der Waals surface area contributed by atoms with Crippen LogP contribution in [-0.2, 0) is 19.6 Å². The van der Waals surface area contributed by atoms with Crippen LogP contribution in [0.5, 0.6) is 5.75 Å². The van der Waals surface area contributed by atoms with Gasteiger partial charge in [0.05, 0.1) is 17.6 Å². The van der Waals surface area contributed by atoms with Crippen molar-refractivity contribution in [2.24, 2.45) is 5.92 Å². The van der Waals surface area contributed by atoms with Crippen molar-refractivity contribution in [3.63, 3.8) is 0 Å². The van der Waals surface area contributed by atoms with Crippen LogP contribution < -0.4 is 4.74 Å². The van der Waals surface area contributed by atoms with Crippen LogP contribution in [0.15, 0.2) is 29.2 Å². The van der Waals surface area contributed by atoms with Gasteiger partial charge < -0.3 is 14.4 Å². The summed E-state index contributed by atoms with van der Waals surface area (Å²) in [6.07, 6.45) is 5.92. The Morgan fingerprint density at radius 3 is 2.63 bits per heavy atom. The smallest absolute Gasteiger partial charge is 0.243 e. The maximum absolute atomic E-state index is 13.1. The summed E-state index contributed by atoms with van der Waals surface area (Å²) in [6.45, 7) is 3.31. The lowest BCUT2D eigenvalue weighted by Crippen LogP contribution is -2.51. The number of ether oxygens (including phenoxy) is 2. The molecule has 1 unspecified atom stereocenters. The van der Waals surface area contributed by atoms with Gasteiger partial charge in [-0.1, -0.05) is 6.07 Å². The number of hydrogen-bond donors (Lipinski definition) is 0. The van der Waals surface area contributed by atoms with Crippen molar-refractivity contribution >= 4 is 15.9 Å². The van der Waals surface area contributed by atoms with Gasteiger partial charge in [0.1, 0.15) is 5.75 Å². The summed E-state index contributed by atoms with van der Waals surface area (Å²) in [5, 5.41) is 0. The molecule has 0 bridgehead atoms. The molecule has 1 spiro atoms. The van der Waals surface area contributed by atoms with E-state index in [1.807, 2.05) is 4.90 Å². The summed E-state index contributed by atoms with van der Waals surface area (Å²) >= 11 is 0. The van der Waals surface area contributed by atoms with Crippen LogP contribution in [0, 0.1) is 5.92 Å². The molecule has 166 valence electrons. The lowest BCUT2D eigenvalue weighted by atomic mass is 9.78. The zero-order valence-corrected chi connectivity index (χ0v) is 18.5. The molecule has 7 nitrogen and oxygen atoms in total. The summed E-state index contributed by atoms with van der Waals surface area (Å²) in [6, 6.07) is 6.61. The zero-order chi connectivity index (χ0) is 21.2. The number of carbonyl (C=O) groups is 1.